The first-order valence-corrected chi connectivity index (χ1v) is 21.3. The zero-order chi connectivity index (χ0) is 34.8. The van der Waals surface area contributed by atoms with Crippen molar-refractivity contribution in [1.29, 1.82) is 0 Å². The van der Waals surface area contributed by atoms with E-state index in [1.54, 1.807) is 48.5 Å². The summed E-state index contributed by atoms with van der Waals surface area (Å²) in [5.74, 6) is -1.56. The molecule has 11 nitrogen and oxygen atoms in total. The van der Waals surface area contributed by atoms with Crippen molar-refractivity contribution >= 4 is 71.4 Å². The van der Waals surface area contributed by atoms with Crippen molar-refractivity contribution in [2.75, 3.05) is 13.2 Å². The average molecular weight is 909 g/mol. The minimum Gasteiger partial charge on any atom is -0.463 e. The van der Waals surface area contributed by atoms with E-state index in [0.29, 0.717) is 11.1 Å². The monoisotopic (exact) mass is 908 g/mol. The SMILES string of the molecule is CC(=O)OC[C@H]1O[C@@H](O[C@H]2[C@H](OC(=O)c3ccccc3)[C@@H](I)[C@@H]3OC[C@H]2O3)[C@H](I)[C@@H](O[Si](C)(C)C(C)(C)C)[C@@H]1OC(=O)c1ccccc1. The fraction of sp³-hybridized carbons (Fsp3) is 0.559. The van der Waals surface area contributed by atoms with Crippen LogP contribution >= 0.6 is 45.2 Å². The lowest BCUT2D eigenvalue weighted by molar-refractivity contribution is -0.287. The summed E-state index contributed by atoms with van der Waals surface area (Å²) in [6.07, 6.45) is -6.18. The summed E-state index contributed by atoms with van der Waals surface area (Å²) < 4.78 is 49.1. The van der Waals surface area contributed by atoms with Gasteiger partial charge >= 0.3 is 17.9 Å². The number of ether oxygens (including phenoxy) is 7. The van der Waals surface area contributed by atoms with Crippen molar-refractivity contribution in [3.63, 3.8) is 0 Å². The Hall–Kier alpha value is -1.67. The van der Waals surface area contributed by atoms with E-state index in [9.17, 15) is 14.4 Å². The van der Waals surface area contributed by atoms with E-state index in [2.05, 4.69) is 79.0 Å². The molecule has 2 bridgehead atoms. The third kappa shape index (κ3) is 8.61. The maximum Gasteiger partial charge on any atom is 0.338 e. The Morgan fingerprint density at radius 3 is 1.92 bits per heavy atom. The summed E-state index contributed by atoms with van der Waals surface area (Å²) >= 11 is 4.38. The summed E-state index contributed by atoms with van der Waals surface area (Å²) in [5.41, 5.74) is 0.775. The first-order chi connectivity index (χ1) is 22.7. The first kappa shape index (κ1) is 37.6. The molecule has 0 N–H and O–H groups in total. The molecule has 0 radical (unpaired) electrons. The molecule has 3 aliphatic rings. The van der Waals surface area contributed by atoms with Crippen molar-refractivity contribution < 1.29 is 52.0 Å². The summed E-state index contributed by atoms with van der Waals surface area (Å²) in [6, 6.07) is 17.4. The minimum atomic E-state index is -2.49. The predicted molar refractivity (Wildman–Crippen MR) is 194 cm³/mol. The number of halogens is 2. The Balaban J connectivity index is 1.47. The van der Waals surface area contributed by atoms with Crippen LogP contribution in [0, 0.1) is 0 Å². The van der Waals surface area contributed by atoms with E-state index < -0.39 is 79.4 Å². The van der Waals surface area contributed by atoms with Crippen LogP contribution in [0.4, 0.5) is 0 Å². The summed E-state index contributed by atoms with van der Waals surface area (Å²) in [6.45, 7) is 11.9. The smallest absolute Gasteiger partial charge is 0.338 e. The van der Waals surface area contributed by atoms with Gasteiger partial charge in [-0.1, -0.05) is 102 Å². The number of carbonyl (C=O) groups is 3. The van der Waals surface area contributed by atoms with Gasteiger partial charge in [0.15, 0.2) is 27.0 Å². The van der Waals surface area contributed by atoms with Crippen molar-refractivity contribution in [3.05, 3.63) is 71.8 Å². The highest BCUT2D eigenvalue weighted by Crippen LogP contribution is 2.43. The highest BCUT2D eigenvalue weighted by Gasteiger charge is 2.57. The average Bonchev–Trinajstić information content (AvgIpc) is 3.50. The van der Waals surface area contributed by atoms with Crippen molar-refractivity contribution in [3.8, 4) is 0 Å². The fourth-order valence-electron chi connectivity index (χ4n) is 5.42. The number of hydrogen-bond acceptors (Lipinski definition) is 11. The number of rotatable bonds is 10. The highest BCUT2D eigenvalue weighted by molar-refractivity contribution is 14.1. The molecule has 2 aromatic rings. The van der Waals surface area contributed by atoms with E-state index in [4.69, 9.17) is 37.6 Å². The van der Waals surface area contributed by atoms with Crippen LogP contribution in [0.3, 0.4) is 0 Å². The van der Waals surface area contributed by atoms with Gasteiger partial charge in [-0.25, -0.2) is 9.59 Å². The number of benzene rings is 2. The zero-order valence-electron chi connectivity index (χ0n) is 27.7. The van der Waals surface area contributed by atoms with Crippen LogP contribution in [0.15, 0.2) is 60.7 Å². The number of alkyl halides is 2. The molecule has 0 spiro atoms. The Labute approximate surface area is 309 Å². The molecule has 0 aliphatic carbocycles. The Morgan fingerprint density at radius 1 is 0.812 bits per heavy atom. The van der Waals surface area contributed by atoms with Crippen molar-refractivity contribution in [2.24, 2.45) is 0 Å². The van der Waals surface area contributed by atoms with E-state index in [0.717, 1.165) is 0 Å². The third-order valence-corrected chi connectivity index (χ3v) is 16.1. The van der Waals surface area contributed by atoms with Gasteiger partial charge in [-0.05, 0) is 42.4 Å². The van der Waals surface area contributed by atoms with Gasteiger partial charge in [0.1, 0.15) is 41.1 Å². The number of fused-ring (bicyclic) bond motifs is 2. The van der Waals surface area contributed by atoms with Crippen molar-refractivity contribution in [2.45, 2.75) is 103 Å². The summed E-state index contributed by atoms with van der Waals surface area (Å²) in [4.78, 5) is 38.7. The zero-order valence-corrected chi connectivity index (χ0v) is 33.0. The normalized spacial score (nSPS) is 31.9. The van der Waals surface area contributed by atoms with Crippen molar-refractivity contribution in [1.82, 2.24) is 0 Å². The molecular formula is C34H42I2O11Si. The van der Waals surface area contributed by atoms with E-state index in [-0.39, 0.29) is 22.2 Å². The quantitative estimate of drug-likeness (QED) is 0.0937. The van der Waals surface area contributed by atoms with E-state index >= 15 is 0 Å². The van der Waals surface area contributed by atoms with Gasteiger partial charge in [-0.15, -0.1) is 0 Å². The molecule has 10 atom stereocenters. The van der Waals surface area contributed by atoms with Gasteiger partial charge in [0.2, 0.25) is 0 Å². The molecule has 0 saturated carbocycles. The fourth-order valence-corrected chi connectivity index (χ4v) is 8.84. The molecule has 262 valence electrons. The van der Waals surface area contributed by atoms with Gasteiger partial charge in [-0.2, -0.15) is 0 Å². The Bertz CT molecular complexity index is 1420. The first-order valence-electron chi connectivity index (χ1n) is 15.9. The van der Waals surface area contributed by atoms with Crippen LogP contribution < -0.4 is 0 Å². The van der Waals surface area contributed by atoms with Crippen LogP contribution in [0.25, 0.3) is 0 Å². The lowest BCUT2D eigenvalue weighted by Gasteiger charge is -2.49. The molecule has 0 aromatic heterocycles. The number of esters is 3. The number of hydrogen-bond donors (Lipinski definition) is 0. The largest absolute Gasteiger partial charge is 0.463 e. The molecule has 48 heavy (non-hydrogen) atoms. The highest BCUT2D eigenvalue weighted by atomic mass is 127. The van der Waals surface area contributed by atoms with Crippen LogP contribution in [0.5, 0.6) is 0 Å². The van der Waals surface area contributed by atoms with Gasteiger partial charge in [-0.3, -0.25) is 4.79 Å². The van der Waals surface area contributed by atoms with E-state index in [1.165, 1.54) is 6.92 Å². The molecule has 3 saturated heterocycles. The van der Waals surface area contributed by atoms with Gasteiger partial charge < -0.3 is 37.6 Å². The summed E-state index contributed by atoms with van der Waals surface area (Å²) in [5, 5.41) is -0.185. The van der Waals surface area contributed by atoms with Crippen LogP contribution in [-0.2, 0) is 42.4 Å². The maximum absolute atomic E-state index is 13.5. The molecular weight excluding hydrogens is 866 g/mol. The van der Waals surface area contributed by atoms with E-state index in [1.807, 2.05) is 12.1 Å². The third-order valence-electron chi connectivity index (χ3n) is 9.06. The second-order valence-corrected chi connectivity index (χ2v) is 21.2. The predicted octanol–water partition coefficient (Wildman–Crippen LogP) is 5.86. The lowest BCUT2D eigenvalue weighted by atomic mass is 9.99. The van der Waals surface area contributed by atoms with Crippen LogP contribution in [0.1, 0.15) is 48.4 Å². The van der Waals surface area contributed by atoms with Crippen LogP contribution in [-0.4, -0.2) is 96.5 Å². The van der Waals surface area contributed by atoms with Gasteiger partial charge in [0, 0.05) is 6.92 Å². The second-order valence-electron chi connectivity index (χ2n) is 13.5. The Morgan fingerprint density at radius 2 is 1.38 bits per heavy atom. The standard InChI is InChI=1S/C34H42I2O11Si/c1-19(37)40-17-22-27(44-30(38)20-13-9-7-10-14-20)29(47-48(5,6)34(2,3)4)25(36)33(43-22)46-26-23-18-41-32(42-23)24(35)28(26)45-31(39)21-15-11-8-12-16-21/h7-16,22-29,32-33H,17-18H2,1-6H3/t22-,23-,24-,25-,26-,27-,28-,29-,32-,33+/m1/s1. The van der Waals surface area contributed by atoms with Crippen LogP contribution in [0.2, 0.25) is 18.1 Å². The molecule has 0 amide bonds. The lowest BCUT2D eigenvalue weighted by Crippen LogP contribution is -2.64. The second kappa shape index (κ2) is 15.7. The minimum absolute atomic E-state index is 0.185. The molecule has 2 aromatic carbocycles. The molecule has 3 aliphatic heterocycles. The number of carbonyl (C=O) groups excluding carboxylic acids is 3. The maximum atomic E-state index is 13.5. The molecule has 0 unspecified atom stereocenters. The molecule has 3 heterocycles. The topological polar surface area (TPSA) is 125 Å². The molecule has 3 fully saturated rings. The van der Waals surface area contributed by atoms with Gasteiger partial charge in [0.25, 0.3) is 0 Å². The Kier molecular flexibility index (Phi) is 12.3. The molecule has 14 heteroatoms. The van der Waals surface area contributed by atoms with Gasteiger partial charge in [0.05, 0.1) is 21.7 Å². The summed E-state index contributed by atoms with van der Waals surface area (Å²) in [7, 11) is -2.49. The molecule has 5 rings (SSSR count).